The molecule has 1 nitrogen and oxygen atoms in total. The van der Waals surface area contributed by atoms with Crippen molar-refractivity contribution in [3.8, 4) is 5.75 Å². The SMILES string of the molecule is CCOc1c(F)c(F)cc(Br)c1Br. The molecule has 0 atom stereocenters. The second-order valence-electron chi connectivity index (χ2n) is 2.23. The highest BCUT2D eigenvalue weighted by molar-refractivity contribution is 9.13. The molecule has 0 spiro atoms. The van der Waals surface area contributed by atoms with Gasteiger partial charge in [-0.2, -0.15) is 4.39 Å². The fourth-order valence-electron chi connectivity index (χ4n) is 0.822. The molecule has 0 aliphatic carbocycles. The lowest BCUT2D eigenvalue weighted by molar-refractivity contribution is 0.311. The van der Waals surface area contributed by atoms with Gasteiger partial charge in [-0.25, -0.2) is 4.39 Å². The summed E-state index contributed by atoms with van der Waals surface area (Å²) in [4.78, 5) is 0. The van der Waals surface area contributed by atoms with E-state index in [0.29, 0.717) is 8.95 Å². The minimum Gasteiger partial charge on any atom is -0.489 e. The molecule has 0 aromatic heterocycles. The van der Waals surface area contributed by atoms with Crippen molar-refractivity contribution >= 4 is 31.9 Å². The number of halogens is 4. The highest BCUT2D eigenvalue weighted by atomic mass is 79.9. The zero-order chi connectivity index (χ0) is 10.0. The topological polar surface area (TPSA) is 9.23 Å². The number of ether oxygens (including phenoxy) is 1. The van der Waals surface area contributed by atoms with E-state index < -0.39 is 11.6 Å². The lowest BCUT2D eigenvalue weighted by Gasteiger charge is -2.08. The summed E-state index contributed by atoms with van der Waals surface area (Å²) < 4.78 is 31.7. The van der Waals surface area contributed by atoms with Crippen LogP contribution in [0.25, 0.3) is 0 Å². The van der Waals surface area contributed by atoms with Crippen molar-refractivity contribution in [3.63, 3.8) is 0 Å². The maximum Gasteiger partial charge on any atom is 0.201 e. The van der Waals surface area contributed by atoms with Gasteiger partial charge in [-0.1, -0.05) is 0 Å². The van der Waals surface area contributed by atoms with Crippen LogP contribution in [-0.4, -0.2) is 6.61 Å². The van der Waals surface area contributed by atoms with Crippen LogP contribution in [0, 0.1) is 11.6 Å². The van der Waals surface area contributed by atoms with Gasteiger partial charge in [-0.3, -0.25) is 0 Å². The third-order valence-electron chi connectivity index (χ3n) is 1.36. The van der Waals surface area contributed by atoms with Crippen molar-refractivity contribution in [1.29, 1.82) is 0 Å². The van der Waals surface area contributed by atoms with E-state index in [2.05, 4.69) is 31.9 Å². The molecule has 1 aromatic carbocycles. The maximum absolute atomic E-state index is 13.1. The standard InChI is InChI=1S/C8H6Br2F2O/c1-2-13-8-6(10)4(9)3-5(11)7(8)12/h3H,2H2,1H3. The van der Waals surface area contributed by atoms with Gasteiger partial charge in [-0.05, 0) is 44.8 Å². The maximum atomic E-state index is 13.1. The van der Waals surface area contributed by atoms with E-state index >= 15 is 0 Å². The minimum absolute atomic E-state index is 0.102. The van der Waals surface area contributed by atoms with Gasteiger partial charge < -0.3 is 4.74 Å². The second-order valence-corrected chi connectivity index (χ2v) is 3.88. The normalized spacial score (nSPS) is 10.2. The number of hydrogen-bond donors (Lipinski definition) is 0. The van der Waals surface area contributed by atoms with E-state index in [1.165, 1.54) is 0 Å². The van der Waals surface area contributed by atoms with Crippen LogP contribution in [0.1, 0.15) is 6.92 Å². The first-order chi connectivity index (χ1) is 6.07. The van der Waals surface area contributed by atoms with Crippen molar-refractivity contribution < 1.29 is 13.5 Å². The predicted molar refractivity (Wildman–Crippen MR) is 52.9 cm³/mol. The molecule has 0 aliphatic rings. The Morgan fingerprint density at radius 2 is 2.00 bits per heavy atom. The Labute approximate surface area is 91.3 Å². The monoisotopic (exact) mass is 314 g/mol. The van der Waals surface area contributed by atoms with Gasteiger partial charge >= 0.3 is 0 Å². The molecule has 13 heavy (non-hydrogen) atoms. The fourth-order valence-corrected chi connectivity index (χ4v) is 1.61. The molecule has 0 N–H and O–H groups in total. The summed E-state index contributed by atoms with van der Waals surface area (Å²) in [5.41, 5.74) is 0. The molecule has 0 aliphatic heterocycles. The lowest BCUT2D eigenvalue weighted by atomic mass is 10.3. The average Bonchev–Trinajstić information content (AvgIpc) is 2.09. The van der Waals surface area contributed by atoms with E-state index in [1.54, 1.807) is 6.92 Å². The molecule has 0 heterocycles. The zero-order valence-corrected chi connectivity index (χ0v) is 9.88. The highest BCUT2D eigenvalue weighted by Crippen LogP contribution is 2.36. The van der Waals surface area contributed by atoms with Crippen molar-refractivity contribution in [2.24, 2.45) is 0 Å². The molecular formula is C8H6Br2F2O. The molecule has 5 heteroatoms. The second kappa shape index (κ2) is 4.37. The first kappa shape index (κ1) is 10.9. The van der Waals surface area contributed by atoms with E-state index in [0.717, 1.165) is 6.07 Å². The van der Waals surface area contributed by atoms with Gasteiger partial charge in [0.05, 0.1) is 11.1 Å². The van der Waals surface area contributed by atoms with Crippen LogP contribution in [0.3, 0.4) is 0 Å². The van der Waals surface area contributed by atoms with Gasteiger partial charge in [0.15, 0.2) is 11.6 Å². The van der Waals surface area contributed by atoms with Gasteiger partial charge in [-0.15, -0.1) is 0 Å². The number of rotatable bonds is 2. The van der Waals surface area contributed by atoms with Crippen LogP contribution in [0.2, 0.25) is 0 Å². The fraction of sp³-hybridized carbons (Fsp3) is 0.250. The molecule has 0 unspecified atom stereocenters. The smallest absolute Gasteiger partial charge is 0.201 e. The Hall–Kier alpha value is -0.160. The largest absolute Gasteiger partial charge is 0.489 e. The third-order valence-corrected chi connectivity index (χ3v) is 3.30. The van der Waals surface area contributed by atoms with Crippen molar-refractivity contribution in [1.82, 2.24) is 0 Å². The summed E-state index contributed by atoms with van der Waals surface area (Å²) in [7, 11) is 0. The zero-order valence-electron chi connectivity index (χ0n) is 6.70. The van der Waals surface area contributed by atoms with E-state index in [9.17, 15) is 8.78 Å². The van der Waals surface area contributed by atoms with Crippen LogP contribution >= 0.6 is 31.9 Å². The summed E-state index contributed by atoms with van der Waals surface area (Å²) in [6.07, 6.45) is 0. The molecule has 0 amide bonds. The van der Waals surface area contributed by atoms with Gasteiger partial charge in [0, 0.05) is 4.47 Å². The average molecular weight is 316 g/mol. The summed E-state index contributed by atoms with van der Waals surface area (Å²) in [5.74, 6) is -2.01. The lowest BCUT2D eigenvalue weighted by Crippen LogP contribution is -1.98. The molecule has 1 rings (SSSR count). The Balaban J connectivity index is 3.28. The summed E-state index contributed by atoms with van der Waals surface area (Å²) >= 11 is 6.16. The van der Waals surface area contributed by atoms with Gasteiger partial charge in [0.25, 0.3) is 0 Å². The van der Waals surface area contributed by atoms with Crippen LogP contribution in [0.4, 0.5) is 8.78 Å². The molecule has 1 aromatic rings. The summed E-state index contributed by atoms with van der Waals surface area (Å²) in [6.45, 7) is 1.98. The van der Waals surface area contributed by atoms with Crippen molar-refractivity contribution in [2.75, 3.05) is 6.61 Å². The van der Waals surface area contributed by atoms with Gasteiger partial charge in [0.1, 0.15) is 0 Å². The third kappa shape index (κ3) is 2.20. The van der Waals surface area contributed by atoms with Crippen molar-refractivity contribution in [2.45, 2.75) is 6.92 Å². The Morgan fingerprint density at radius 3 is 2.54 bits per heavy atom. The van der Waals surface area contributed by atoms with E-state index in [4.69, 9.17) is 4.74 Å². The van der Waals surface area contributed by atoms with Crippen LogP contribution < -0.4 is 4.74 Å². The minimum atomic E-state index is -0.975. The van der Waals surface area contributed by atoms with Crippen molar-refractivity contribution in [3.05, 3.63) is 26.6 Å². The van der Waals surface area contributed by atoms with Crippen LogP contribution in [-0.2, 0) is 0 Å². The molecule has 0 saturated carbocycles. The van der Waals surface area contributed by atoms with E-state index in [1.807, 2.05) is 0 Å². The highest BCUT2D eigenvalue weighted by Gasteiger charge is 2.16. The molecular weight excluding hydrogens is 310 g/mol. The number of hydrogen-bond acceptors (Lipinski definition) is 1. The number of benzene rings is 1. The summed E-state index contributed by atoms with van der Waals surface area (Å²) in [6, 6.07) is 1.04. The van der Waals surface area contributed by atoms with Gasteiger partial charge in [0.2, 0.25) is 5.82 Å². The molecule has 0 bridgehead atoms. The molecule has 72 valence electrons. The molecule has 0 saturated heterocycles. The van der Waals surface area contributed by atoms with Crippen LogP contribution in [0.5, 0.6) is 5.75 Å². The summed E-state index contributed by atoms with van der Waals surface area (Å²) in [5, 5.41) is 0. The quantitative estimate of drug-likeness (QED) is 0.752. The first-order valence-electron chi connectivity index (χ1n) is 3.53. The molecule has 0 radical (unpaired) electrons. The molecule has 0 fully saturated rings. The Bertz CT molecular complexity index is 302. The van der Waals surface area contributed by atoms with Crippen LogP contribution in [0.15, 0.2) is 15.0 Å². The Morgan fingerprint density at radius 1 is 1.38 bits per heavy atom. The predicted octanol–water partition coefficient (Wildman–Crippen LogP) is 3.89. The van der Waals surface area contributed by atoms with E-state index in [-0.39, 0.29) is 12.4 Å². The Kier molecular flexibility index (Phi) is 3.67. The first-order valence-corrected chi connectivity index (χ1v) is 5.12.